The van der Waals surface area contributed by atoms with Crippen molar-refractivity contribution in [1.82, 2.24) is 14.7 Å². The zero-order valence-corrected chi connectivity index (χ0v) is 31.6. The van der Waals surface area contributed by atoms with E-state index in [1.807, 2.05) is 25.1 Å². The minimum absolute atomic E-state index is 0.155. The van der Waals surface area contributed by atoms with Crippen LogP contribution in [0.3, 0.4) is 0 Å². The molecular weight excluding hydrogens is 737 g/mol. The van der Waals surface area contributed by atoms with E-state index in [1.165, 1.54) is 0 Å². The first kappa shape index (κ1) is 39.5. The summed E-state index contributed by atoms with van der Waals surface area (Å²) in [6, 6.07) is 22.6. The van der Waals surface area contributed by atoms with Crippen molar-refractivity contribution in [3.05, 3.63) is 102 Å². The lowest BCUT2D eigenvalue weighted by atomic mass is 9.94. The van der Waals surface area contributed by atoms with Crippen LogP contribution in [0.4, 0.5) is 5.69 Å². The summed E-state index contributed by atoms with van der Waals surface area (Å²) in [5, 5.41) is 0. The monoisotopic (exact) mass is 778 g/mol. The zero-order valence-electron chi connectivity index (χ0n) is 29.2. The summed E-state index contributed by atoms with van der Waals surface area (Å²) in [6.45, 7) is 4.83. The lowest BCUT2D eigenvalue weighted by Crippen LogP contribution is -2.75. The van der Waals surface area contributed by atoms with Crippen LogP contribution in [0.15, 0.2) is 84.9 Å². The summed E-state index contributed by atoms with van der Waals surface area (Å²) < 4.78 is 93.5. The maximum Gasteiger partial charge on any atom is 0.346 e. The van der Waals surface area contributed by atoms with Crippen molar-refractivity contribution in [1.29, 1.82) is 0 Å². The number of amides is 2. The standard InChI is InChI=1S/C34H42N4O11S3/c1-26-14-11-12-19-29(26)36-24-22-35(23-25-36)20-13-21-37-31(39)32(47-50(2,41)42)38(34(33(37)40,48-51(3,43)44)49-52(4,45)46)30(27-15-7-5-8-16-27)28-17-9-6-10-18-28/h5-12,14-19,30,32H,13,20-25H2,1-4H3. The number of aryl methyl sites for hydroxylation is 1. The smallest absolute Gasteiger partial charge is 0.346 e. The van der Waals surface area contributed by atoms with E-state index in [9.17, 15) is 34.8 Å². The summed E-state index contributed by atoms with van der Waals surface area (Å²) in [4.78, 5) is 34.6. The lowest BCUT2D eigenvalue weighted by molar-refractivity contribution is -0.272. The van der Waals surface area contributed by atoms with Crippen LogP contribution >= 0.6 is 0 Å². The average molecular weight is 779 g/mol. The fraction of sp³-hybridized carbons (Fsp3) is 0.412. The summed E-state index contributed by atoms with van der Waals surface area (Å²) >= 11 is 0. The van der Waals surface area contributed by atoms with Crippen LogP contribution in [0.1, 0.15) is 29.2 Å². The van der Waals surface area contributed by atoms with Gasteiger partial charge in [-0.25, -0.2) is 12.5 Å². The first-order valence-electron chi connectivity index (χ1n) is 16.3. The molecule has 1 unspecified atom stereocenters. The predicted octanol–water partition coefficient (Wildman–Crippen LogP) is 1.88. The van der Waals surface area contributed by atoms with Gasteiger partial charge in [0.05, 0.1) is 24.8 Å². The number of anilines is 1. The fourth-order valence-corrected chi connectivity index (χ4v) is 8.26. The van der Waals surface area contributed by atoms with Gasteiger partial charge in [-0.3, -0.25) is 19.4 Å². The highest BCUT2D eigenvalue weighted by Gasteiger charge is 2.66. The van der Waals surface area contributed by atoms with Gasteiger partial charge in [0, 0.05) is 38.4 Å². The van der Waals surface area contributed by atoms with Gasteiger partial charge < -0.3 is 4.90 Å². The number of hydrogen-bond donors (Lipinski definition) is 0. The number of piperazine rings is 2. The van der Waals surface area contributed by atoms with Crippen LogP contribution in [-0.4, -0.2) is 122 Å². The van der Waals surface area contributed by atoms with Crippen LogP contribution < -0.4 is 4.90 Å². The van der Waals surface area contributed by atoms with Gasteiger partial charge >= 0.3 is 11.8 Å². The number of imide groups is 1. The first-order valence-corrected chi connectivity index (χ1v) is 21.8. The molecule has 282 valence electrons. The maximum absolute atomic E-state index is 14.7. The van der Waals surface area contributed by atoms with Gasteiger partial charge in [-0.15, -0.1) is 0 Å². The van der Waals surface area contributed by atoms with E-state index in [0.29, 0.717) is 48.2 Å². The van der Waals surface area contributed by atoms with Crippen molar-refractivity contribution in [2.24, 2.45) is 0 Å². The van der Waals surface area contributed by atoms with Gasteiger partial charge in [-0.2, -0.15) is 30.2 Å². The molecule has 0 aromatic heterocycles. The molecule has 0 aliphatic carbocycles. The van der Waals surface area contributed by atoms with Gasteiger partial charge in [-0.05, 0) is 42.6 Å². The molecule has 3 aromatic carbocycles. The third-order valence-electron chi connectivity index (χ3n) is 8.57. The van der Waals surface area contributed by atoms with Crippen LogP contribution in [0.2, 0.25) is 0 Å². The Hall–Kier alpha value is -3.75. The minimum Gasteiger partial charge on any atom is -0.369 e. The van der Waals surface area contributed by atoms with Crippen LogP contribution in [0.5, 0.6) is 0 Å². The highest BCUT2D eigenvalue weighted by molar-refractivity contribution is 7.86. The van der Waals surface area contributed by atoms with E-state index in [1.54, 1.807) is 60.7 Å². The summed E-state index contributed by atoms with van der Waals surface area (Å²) in [6.07, 6.45) is -0.390. The lowest BCUT2D eigenvalue weighted by Gasteiger charge is -2.51. The van der Waals surface area contributed by atoms with Crippen molar-refractivity contribution in [2.75, 3.05) is 62.9 Å². The van der Waals surface area contributed by atoms with Crippen LogP contribution in [0, 0.1) is 6.92 Å². The molecule has 5 rings (SSSR count). The Bertz CT molecular complexity index is 2000. The van der Waals surface area contributed by atoms with E-state index in [0.717, 1.165) is 24.3 Å². The van der Waals surface area contributed by atoms with Crippen LogP contribution in [0.25, 0.3) is 0 Å². The minimum atomic E-state index is -4.80. The second kappa shape index (κ2) is 15.7. The molecule has 2 aliphatic heterocycles. The number of nitrogens with zero attached hydrogens (tertiary/aromatic N) is 4. The Morgan fingerprint density at radius 2 is 1.19 bits per heavy atom. The third kappa shape index (κ3) is 9.42. The Labute approximate surface area is 305 Å². The summed E-state index contributed by atoms with van der Waals surface area (Å²) in [7, 11) is -14.2. The van der Waals surface area contributed by atoms with Crippen molar-refractivity contribution in [3.63, 3.8) is 0 Å². The Kier molecular flexibility index (Phi) is 11.9. The molecule has 0 spiro atoms. The van der Waals surface area contributed by atoms with E-state index in [2.05, 4.69) is 15.9 Å². The third-order valence-corrected chi connectivity index (χ3v) is 10.2. The van der Waals surface area contributed by atoms with E-state index in [-0.39, 0.29) is 24.1 Å². The van der Waals surface area contributed by atoms with Crippen molar-refractivity contribution in [2.45, 2.75) is 31.5 Å². The molecule has 15 nitrogen and oxygen atoms in total. The molecule has 2 heterocycles. The molecule has 2 aliphatic rings. The van der Waals surface area contributed by atoms with Gasteiger partial charge in [0.2, 0.25) is 6.23 Å². The molecule has 52 heavy (non-hydrogen) atoms. The highest BCUT2D eigenvalue weighted by Crippen LogP contribution is 2.43. The summed E-state index contributed by atoms with van der Waals surface area (Å²) in [5.41, 5.74) is 2.85. The quantitative estimate of drug-likeness (QED) is 0.132. The van der Waals surface area contributed by atoms with Gasteiger partial charge in [0.15, 0.2) is 0 Å². The molecule has 2 fully saturated rings. The largest absolute Gasteiger partial charge is 0.369 e. The molecule has 2 saturated heterocycles. The summed E-state index contributed by atoms with van der Waals surface area (Å²) in [5.74, 6) is -6.16. The molecule has 0 bridgehead atoms. The Balaban J connectivity index is 1.56. The molecule has 18 heteroatoms. The number of carbonyl (C=O) groups excluding carboxylic acids is 2. The van der Waals surface area contributed by atoms with Crippen molar-refractivity contribution >= 4 is 47.9 Å². The number of benzene rings is 3. The molecule has 0 N–H and O–H groups in total. The number of carbonyl (C=O) groups is 2. The van der Waals surface area contributed by atoms with E-state index < -0.39 is 60.3 Å². The van der Waals surface area contributed by atoms with Gasteiger partial charge in [-0.1, -0.05) is 78.9 Å². The first-order chi connectivity index (χ1) is 24.4. The van der Waals surface area contributed by atoms with Gasteiger partial charge in [0.1, 0.15) is 0 Å². The molecule has 0 saturated carbocycles. The number of hydrogen-bond acceptors (Lipinski definition) is 14. The normalized spacial score (nSPS) is 19.4. The Morgan fingerprint density at radius 3 is 1.67 bits per heavy atom. The predicted molar refractivity (Wildman–Crippen MR) is 192 cm³/mol. The van der Waals surface area contributed by atoms with Crippen molar-refractivity contribution < 1.29 is 47.4 Å². The maximum atomic E-state index is 14.7. The highest BCUT2D eigenvalue weighted by atomic mass is 32.2. The SMILES string of the molecule is Cc1ccccc1N1CCN(CCCN2C(=O)C(OS(C)(=O)=O)N(C(c3ccccc3)c3ccccc3)C(OS(C)(=O)=O)(OS(C)(=O)=O)C2=O)CC1. The molecule has 1 atom stereocenters. The molecule has 2 amide bonds. The second-order valence-corrected chi connectivity index (χ2v) is 17.5. The van der Waals surface area contributed by atoms with Crippen molar-refractivity contribution in [3.8, 4) is 0 Å². The topological polar surface area (TPSA) is 177 Å². The van der Waals surface area contributed by atoms with Gasteiger partial charge in [0.25, 0.3) is 36.3 Å². The molecular formula is C34H42N4O11S3. The average Bonchev–Trinajstić information content (AvgIpc) is 3.06. The second-order valence-electron chi connectivity index (χ2n) is 12.7. The number of rotatable bonds is 14. The number of para-hydroxylation sites is 1. The van der Waals surface area contributed by atoms with E-state index >= 15 is 0 Å². The van der Waals surface area contributed by atoms with Crippen LogP contribution in [-0.2, 0) is 52.5 Å². The molecule has 0 radical (unpaired) electrons. The van der Waals surface area contributed by atoms with E-state index in [4.69, 9.17) is 12.5 Å². The fourth-order valence-electron chi connectivity index (χ4n) is 6.51. The Morgan fingerprint density at radius 1 is 0.692 bits per heavy atom. The molecule has 3 aromatic rings. The zero-order chi connectivity index (χ0) is 37.9.